The Morgan fingerprint density at radius 2 is 2.00 bits per heavy atom. The average Bonchev–Trinajstić information content (AvgIpc) is 2.33. The molecule has 18 heavy (non-hydrogen) atoms. The number of nitrogens with two attached hydrogens (primary N) is 1. The van der Waals surface area contributed by atoms with Crippen LogP contribution < -0.4 is 5.73 Å². The Balaban J connectivity index is 2.21. The molecule has 0 aliphatic rings. The minimum absolute atomic E-state index is 0.157. The summed E-state index contributed by atoms with van der Waals surface area (Å²) in [5.74, 6) is -0.209. The van der Waals surface area contributed by atoms with Gasteiger partial charge in [0.05, 0.1) is 11.7 Å². The third kappa shape index (κ3) is 2.74. The molecule has 1 aromatic carbocycles. The summed E-state index contributed by atoms with van der Waals surface area (Å²) in [5.41, 5.74) is 10.2. The third-order valence-corrected chi connectivity index (χ3v) is 3.15. The van der Waals surface area contributed by atoms with E-state index in [4.69, 9.17) is 5.73 Å². The van der Waals surface area contributed by atoms with Crippen molar-refractivity contribution in [1.82, 2.24) is 4.98 Å². The van der Waals surface area contributed by atoms with Gasteiger partial charge in [-0.1, -0.05) is 12.1 Å². The van der Waals surface area contributed by atoms with Crippen molar-refractivity contribution in [1.29, 1.82) is 0 Å². The largest absolute Gasteiger partial charge is 0.322 e. The van der Waals surface area contributed by atoms with E-state index in [2.05, 4.69) is 4.98 Å². The zero-order chi connectivity index (χ0) is 13.1. The molecule has 1 aromatic heterocycles. The minimum atomic E-state index is -0.209. The van der Waals surface area contributed by atoms with Crippen molar-refractivity contribution in [3.63, 3.8) is 0 Å². The quantitative estimate of drug-likeness (QED) is 0.901. The maximum absolute atomic E-state index is 13.0. The highest BCUT2D eigenvalue weighted by Crippen LogP contribution is 2.19. The molecule has 2 aromatic rings. The lowest BCUT2D eigenvalue weighted by atomic mass is 9.97. The molecular weight excluding hydrogens is 227 g/mol. The van der Waals surface area contributed by atoms with Crippen LogP contribution in [0.3, 0.4) is 0 Å². The SMILES string of the molecule is Cc1cc(F)ccc1CC(N)c1ncccc1C. The molecule has 1 heterocycles. The number of hydrogen-bond donors (Lipinski definition) is 1. The van der Waals surface area contributed by atoms with Crippen molar-refractivity contribution in [3.05, 3.63) is 64.7 Å². The first-order valence-electron chi connectivity index (χ1n) is 6.00. The molecule has 1 unspecified atom stereocenters. The van der Waals surface area contributed by atoms with Gasteiger partial charge in [-0.3, -0.25) is 4.98 Å². The molecule has 2 rings (SSSR count). The first kappa shape index (κ1) is 12.7. The molecule has 0 amide bonds. The smallest absolute Gasteiger partial charge is 0.123 e. The third-order valence-electron chi connectivity index (χ3n) is 3.15. The fraction of sp³-hybridized carbons (Fsp3) is 0.267. The number of aryl methyl sites for hydroxylation is 2. The number of nitrogens with zero attached hydrogens (tertiary/aromatic N) is 1. The Morgan fingerprint density at radius 3 is 2.67 bits per heavy atom. The maximum Gasteiger partial charge on any atom is 0.123 e. The van der Waals surface area contributed by atoms with E-state index in [9.17, 15) is 4.39 Å². The van der Waals surface area contributed by atoms with E-state index in [1.807, 2.05) is 26.0 Å². The van der Waals surface area contributed by atoms with Crippen molar-refractivity contribution in [2.24, 2.45) is 5.73 Å². The van der Waals surface area contributed by atoms with Crippen LogP contribution in [0.4, 0.5) is 4.39 Å². The summed E-state index contributed by atoms with van der Waals surface area (Å²) in [6.45, 7) is 3.90. The van der Waals surface area contributed by atoms with Crippen molar-refractivity contribution < 1.29 is 4.39 Å². The second-order valence-electron chi connectivity index (χ2n) is 4.59. The van der Waals surface area contributed by atoms with Gasteiger partial charge in [0.15, 0.2) is 0 Å². The number of hydrogen-bond acceptors (Lipinski definition) is 2. The van der Waals surface area contributed by atoms with E-state index >= 15 is 0 Å². The maximum atomic E-state index is 13.0. The second-order valence-corrected chi connectivity index (χ2v) is 4.59. The Morgan fingerprint density at radius 1 is 1.22 bits per heavy atom. The summed E-state index contributed by atoms with van der Waals surface area (Å²) in [6.07, 6.45) is 2.42. The zero-order valence-electron chi connectivity index (χ0n) is 10.7. The lowest BCUT2D eigenvalue weighted by molar-refractivity contribution is 0.623. The molecule has 0 radical (unpaired) electrons. The molecule has 3 heteroatoms. The molecule has 0 aliphatic carbocycles. The van der Waals surface area contributed by atoms with Crippen molar-refractivity contribution in [3.8, 4) is 0 Å². The average molecular weight is 244 g/mol. The van der Waals surface area contributed by atoms with Crippen LogP contribution in [-0.2, 0) is 6.42 Å². The molecular formula is C15H17FN2. The van der Waals surface area contributed by atoms with Crippen molar-refractivity contribution >= 4 is 0 Å². The van der Waals surface area contributed by atoms with Gasteiger partial charge in [-0.2, -0.15) is 0 Å². The highest BCUT2D eigenvalue weighted by Gasteiger charge is 2.12. The molecule has 0 saturated carbocycles. The van der Waals surface area contributed by atoms with Crippen molar-refractivity contribution in [2.45, 2.75) is 26.3 Å². The van der Waals surface area contributed by atoms with Gasteiger partial charge in [0.1, 0.15) is 5.82 Å². The van der Waals surface area contributed by atoms with Gasteiger partial charge in [0.25, 0.3) is 0 Å². The Hall–Kier alpha value is -1.74. The summed E-state index contributed by atoms with van der Waals surface area (Å²) in [4.78, 5) is 4.32. The summed E-state index contributed by atoms with van der Waals surface area (Å²) >= 11 is 0. The predicted molar refractivity (Wildman–Crippen MR) is 70.7 cm³/mol. The molecule has 0 fully saturated rings. The van der Waals surface area contributed by atoms with Gasteiger partial charge in [-0.05, 0) is 55.2 Å². The van der Waals surface area contributed by atoms with E-state index in [1.54, 1.807) is 12.3 Å². The summed E-state index contributed by atoms with van der Waals surface area (Å²) in [5, 5.41) is 0. The topological polar surface area (TPSA) is 38.9 Å². The van der Waals surface area contributed by atoms with Crippen molar-refractivity contribution in [2.75, 3.05) is 0 Å². The van der Waals surface area contributed by atoms with Crippen LogP contribution in [0, 0.1) is 19.7 Å². The predicted octanol–water partition coefficient (Wildman–Crippen LogP) is 3.08. The van der Waals surface area contributed by atoms with Gasteiger partial charge in [-0.15, -0.1) is 0 Å². The van der Waals surface area contributed by atoms with E-state index in [-0.39, 0.29) is 11.9 Å². The lowest BCUT2D eigenvalue weighted by Gasteiger charge is -2.15. The number of halogens is 1. The van der Waals surface area contributed by atoms with E-state index in [1.165, 1.54) is 12.1 Å². The normalized spacial score (nSPS) is 12.4. The van der Waals surface area contributed by atoms with Crippen LogP contribution in [0.1, 0.15) is 28.4 Å². The standard InChI is InChI=1S/C15H17FN2/c1-10-4-3-7-18-15(10)14(17)9-12-5-6-13(16)8-11(12)2/h3-8,14H,9,17H2,1-2H3. The Bertz CT molecular complexity index is 552. The summed E-state index contributed by atoms with van der Waals surface area (Å²) in [6, 6.07) is 8.54. The Kier molecular flexibility index (Phi) is 3.72. The number of pyridine rings is 1. The summed E-state index contributed by atoms with van der Waals surface area (Å²) < 4.78 is 13.0. The van der Waals surface area contributed by atoms with E-state index in [0.29, 0.717) is 6.42 Å². The van der Waals surface area contributed by atoms with Crippen LogP contribution >= 0.6 is 0 Å². The highest BCUT2D eigenvalue weighted by molar-refractivity contribution is 5.30. The van der Waals surface area contributed by atoms with Gasteiger partial charge >= 0.3 is 0 Å². The molecule has 0 spiro atoms. The number of benzene rings is 1. The minimum Gasteiger partial charge on any atom is -0.322 e. The highest BCUT2D eigenvalue weighted by atomic mass is 19.1. The van der Waals surface area contributed by atoms with Gasteiger partial charge in [0.2, 0.25) is 0 Å². The fourth-order valence-corrected chi connectivity index (χ4v) is 2.11. The van der Waals surface area contributed by atoms with Crippen LogP contribution in [0.15, 0.2) is 36.5 Å². The molecule has 0 saturated heterocycles. The van der Waals surface area contributed by atoms with E-state index in [0.717, 1.165) is 22.4 Å². The van der Waals surface area contributed by atoms with E-state index < -0.39 is 0 Å². The first-order valence-corrected chi connectivity index (χ1v) is 6.00. The van der Waals surface area contributed by atoms with Crippen LogP contribution in [-0.4, -0.2) is 4.98 Å². The fourth-order valence-electron chi connectivity index (χ4n) is 2.11. The molecule has 2 nitrogen and oxygen atoms in total. The molecule has 0 bridgehead atoms. The van der Waals surface area contributed by atoms with Gasteiger partial charge < -0.3 is 5.73 Å². The van der Waals surface area contributed by atoms with Gasteiger partial charge in [0, 0.05) is 6.20 Å². The summed E-state index contributed by atoms with van der Waals surface area (Å²) in [7, 11) is 0. The lowest BCUT2D eigenvalue weighted by Crippen LogP contribution is -2.16. The molecule has 1 atom stereocenters. The zero-order valence-corrected chi connectivity index (χ0v) is 10.7. The Labute approximate surface area is 107 Å². The number of aromatic nitrogens is 1. The molecule has 94 valence electrons. The molecule has 2 N–H and O–H groups in total. The molecule has 0 aliphatic heterocycles. The second kappa shape index (κ2) is 5.27. The monoisotopic (exact) mass is 244 g/mol. The number of rotatable bonds is 3. The van der Waals surface area contributed by atoms with Crippen LogP contribution in [0.5, 0.6) is 0 Å². The van der Waals surface area contributed by atoms with Crippen LogP contribution in [0.25, 0.3) is 0 Å². The van der Waals surface area contributed by atoms with Gasteiger partial charge in [-0.25, -0.2) is 4.39 Å². The first-order chi connectivity index (χ1) is 8.58. The van der Waals surface area contributed by atoms with Crippen LogP contribution in [0.2, 0.25) is 0 Å².